The number of phenols is 2. The number of nitriles is 1. The maximum Gasteiger partial charge on any atom is 0.338 e. The Bertz CT molecular complexity index is 1490. The van der Waals surface area contributed by atoms with E-state index in [2.05, 4.69) is 0 Å². The van der Waals surface area contributed by atoms with E-state index < -0.39 is 17.4 Å². The van der Waals surface area contributed by atoms with Crippen LogP contribution in [0.25, 0.3) is 17.5 Å². The first-order valence-corrected chi connectivity index (χ1v) is 10.8. The summed E-state index contributed by atoms with van der Waals surface area (Å²) >= 11 is 1.06. The van der Waals surface area contributed by atoms with Crippen molar-refractivity contribution in [2.75, 3.05) is 6.61 Å². The fraction of sp³-hybridized carbons (Fsp3) is 0.125. The second-order valence-corrected chi connectivity index (χ2v) is 8.25. The molecule has 2 heterocycles. The first-order valence-electron chi connectivity index (χ1n) is 9.98. The number of fused-ring (bicyclic) bond motifs is 1. The average molecular weight is 461 g/mol. The molecule has 0 aliphatic carbocycles. The van der Waals surface area contributed by atoms with Gasteiger partial charge in [0, 0.05) is 0 Å². The van der Waals surface area contributed by atoms with Gasteiger partial charge in [-0.3, -0.25) is 9.36 Å². The molecule has 1 aliphatic rings. The minimum Gasteiger partial charge on any atom is -0.508 e. The zero-order valence-corrected chi connectivity index (χ0v) is 18.3. The van der Waals surface area contributed by atoms with Crippen molar-refractivity contribution < 1.29 is 19.7 Å². The summed E-state index contributed by atoms with van der Waals surface area (Å²) in [6, 6.07) is 14.4. The average Bonchev–Trinajstić information content (AvgIpc) is 3.11. The molecule has 0 fully saturated rings. The zero-order chi connectivity index (χ0) is 23.7. The topological polar surface area (TPSA) is 139 Å². The molecular formula is C24H19N3O5S. The molecule has 1 aliphatic heterocycles. The van der Waals surface area contributed by atoms with Gasteiger partial charge in [0.05, 0.1) is 34.3 Å². The van der Waals surface area contributed by atoms with E-state index in [0.29, 0.717) is 15.7 Å². The maximum absolute atomic E-state index is 13.2. The van der Waals surface area contributed by atoms with Gasteiger partial charge in [0.2, 0.25) is 0 Å². The Morgan fingerprint density at radius 3 is 2.36 bits per heavy atom. The fourth-order valence-corrected chi connectivity index (χ4v) is 4.84. The van der Waals surface area contributed by atoms with Gasteiger partial charge in [-0.2, -0.15) is 5.26 Å². The molecule has 0 saturated carbocycles. The Kier molecular flexibility index (Phi) is 5.77. The van der Waals surface area contributed by atoms with Gasteiger partial charge in [-0.15, -0.1) is 11.3 Å². The third-order valence-corrected chi connectivity index (χ3v) is 6.29. The lowest BCUT2D eigenvalue weighted by Crippen LogP contribution is -2.40. The molecule has 33 heavy (non-hydrogen) atoms. The number of aromatic nitrogens is 1. The lowest BCUT2D eigenvalue weighted by Gasteiger charge is -2.24. The van der Waals surface area contributed by atoms with E-state index in [-0.39, 0.29) is 39.7 Å². The Morgan fingerprint density at radius 1 is 1.18 bits per heavy atom. The number of phenolic OH excluding ortho intramolecular Hbond substituents is 2. The van der Waals surface area contributed by atoms with Crippen LogP contribution in [0.1, 0.15) is 24.0 Å². The molecule has 0 spiro atoms. The first kappa shape index (κ1) is 21.9. The molecule has 166 valence electrons. The van der Waals surface area contributed by atoms with Crippen LogP contribution in [0, 0.1) is 11.3 Å². The number of carbonyl (C=O) groups excluding carboxylic acids is 1. The summed E-state index contributed by atoms with van der Waals surface area (Å²) in [5.41, 5.74) is 7.19. The molecular weight excluding hydrogens is 442 g/mol. The van der Waals surface area contributed by atoms with Crippen LogP contribution in [0.2, 0.25) is 0 Å². The second-order valence-electron chi connectivity index (χ2n) is 7.22. The first-order chi connectivity index (χ1) is 15.8. The van der Waals surface area contributed by atoms with Gasteiger partial charge in [0.1, 0.15) is 22.0 Å². The van der Waals surface area contributed by atoms with Crippen LogP contribution < -0.4 is 20.5 Å². The molecule has 8 nitrogen and oxygen atoms in total. The van der Waals surface area contributed by atoms with E-state index in [1.165, 1.54) is 28.8 Å². The van der Waals surface area contributed by atoms with E-state index in [1.54, 1.807) is 37.3 Å². The van der Waals surface area contributed by atoms with Gasteiger partial charge in [-0.25, -0.2) is 4.79 Å². The number of nitrogens with zero attached hydrogens (tertiary/aromatic N) is 2. The maximum atomic E-state index is 13.2. The molecule has 0 radical (unpaired) electrons. The van der Waals surface area contributed by atoms with Crippen molar-refractivity contribution >= 4 is 34.8 Å². The van der Waals surface area contributed by atoms with Crippen molar-refractivity contribution in [3.63, 3.8) is 0 Å². The number of hydrogen-bond acceptors (Lipinski definition) is 8. The lowest BCUT2D eigenvalue weighted by molar-refractivity contribution is -0.136. The van der Waals surface area contributed by atoms with E-state index in [9.17, 15) is 25.1 Å². The third-order valence-electron chi connectivity index (χ3n) is 5.18. The van der Waals surface area contributed by atoms with Crippen LogP contribution in [0.15, 0.2) is 58.9 Å². The highest BCUT2D eigenvalue weighted by Crippen LogP contribution is 2.37. The Hall–Kier alpha value is -4.29. The quantitative estimate of drug-likeness (QED) is 0.498. The number of carbonyl (C=O) groups is 1. The summed E-state index contributed by atoms with van der Waals surface area (Å²) in [6.07, 6.45) is 1.62. The third kappa shape index (κ3) is 3.88. The number of aromatic hydroxyl groups is 2. The lowest BCUT2D eigenvalue weighted by atomic mass is 9.84. The molecule has 0 bridgehead atoms. The normalized spacial score (nSPS) is 15.8. The molecule has 0 amide bonds. The number of thiazole rings is 1. The molecule has 4 N–H and O–H groups in total. The highest BCUT2D eigenvalue weighted by Gasteiger charge is 2.36. The van der Waals surface area contributed by atoms with Gasteiger partial charge in [0.15, 0.2) is 0 Å². The van der Waals surface area contributed by atoms with Gasteiger partial charge in [-0.05, 0) is 48.4 Å². The minimum absolute atomic E-state index is 0.0292. The molecule has 4 rings (SSSR count). The highest BCUT2D eigenvalue weighted by atomic mass is 32.1. The van der Waals surface area contributed by atoms with Gasteiger partial charge >= 0.3 is 5.97 Å². The van der Waals surface area contributed by atoms with Gasteiger partial charge < -0.3 is 20.7 Å². The monoisotopic (exact) mass is 461 g/mol. The van der Waals surface area contributed by atoms with E-state index in [1.807, 2.05) is 6.07 Å². The van der Waals surface area contributed by atoms with Crippen molar-refractivity contribution in [2.24, 2.45) is 5.73 Å². The van der Waals surface area contributed by atoms with Crippen LogP contribution in [-0.4, -0.2) is 27.4 Å². The smallest absolute Gasteiger partial charge is 0.338 e. The summed E-state index contributed by atoms with van der Waals surface area (Å²) in [5.74, 6) is -1.47. The summed E-state index contributed by atoms with van der Waals surface area (Å²) in [7, 11) is 0. The predicted octanol–water partition coefficient (Wildman–Crippen LogP) is 1.31. The van der Waals surface area contributed by atoms with Crippen LogP contribution in [0.4, 0.5) is 0 Å². The Morgan fingerprint density at radius 2 is 1.79 bits per heavy atom. The van der Waals surface area contributed by atoms with E-state index in [4.69, 9.17) is 10.5 Å². The van der Waals surface area contributed by atoms with E-state index >= 15 is 0 Å². The molecule has 1 aromatic heterocycles. The van der Waals surface area contributed by atoms with Crippen molar-refractivity contribution in [3.8, 4) is 17.6 Å². The fourth-order valence-electron chi connectivity index (χ4n) is 3.68. The second kappa shape index (κ2) is 8.68. The number of allylic oxidation sites excluding steroid dienone is 1. The van der Waals surface area contributed by atoms with Crippen molar-refractivity contribution in [1.29, 1.82) is 5.26 Å². The zero-order valence-electron chi connectivity index (χ0n) is 17.5. The summed E-state index contributed by atoms with van der Waals surface area (Å²) in [4.78, 5) is 26.3. The number of nitrogens with two attached hydrogens (primary N) is 1. The Labute approximate surface area is 192 Å². The predicted molar refractivity (Wildman–Crippen MR) is 123 cm³/mol. The van der Waals surface area contributed by atoms with Crippen molar-refractivity contribution in [3.05, 3.63) is 84.8 Å². The molecule has 0 saturated heterocycles. The number of benzene rings is 2. The van der Waals surface area contributed by atoms with Gasteiger partial charge in [-0.1, -0.05) is 24.3 Å². The SMILES string of the molecule is CCOC(=O)C1=c2sc(=Cc3ccc(O)cc3)c(=O)n2C(N)=C(C#N)C1c1ccc(O)cc1. The van der Waals surface area contributed by atoms with Crippen LogP contribution in [0.5, 0.6) is 11.5 Å². The molecule has 2 aromatic carbocycles. The Balaban J connectivity index is 2.08. The van der Waals surface area contributed by atoms with Crippen molar-refractivity contribution in [2.45, 2.75) is 12.8 Å². The highest BCUT2D eigenvalue weighted by molar-refractivity contribution is 7.07. The number of ether oxygens (including phenoxy) is 1. The van der Waals surface area contributed by atoms with Crippen LogP contribution >= 0.6 is 11.3 Å². The summed E-state index contributed by atoms with van der Waals surface area (Å²) in [5, 5.41) is 29.1. The number of rotatable bonds is 4. The minimum atomic E-state index is -0.866. The molecule has 1 atom stereocenters. The number of hydrogen-bond donors (Lipinski definition) is 3. The molecule has 1 unspecified atom stereocenters. The van der Waals surface area contributed by atoms with Crippen LogP contribution in [0.3, 0.4) is 0 Å². The molecule has 9 heteroatoms. The van der Waals surface area contributed by atoms with E-state index in [0.717, 1.165) is 11.3 Å². The summed E-state index contributed by atoms with van der Waals surface area (Å²) < 4.78 is 7.01. The largest absolute Gasteiger partial charge is 0.508 e. The van der Waals surface area contributed by atoms with Gasteiger partial charge in [0.25, 0.3) is 5.56 Å². The standard InChI is InChI=1S/C24H19N3O5S/c1-2-32-24(31)20-19(14-5-9-16(29)10-6-14)17(12-25)21(26)27-22(30)18(33-23(20)27)11-13-3-7-15(28)8-4-13/h3-11,19,28-29H,2,26H2,1H3. The van der Waals surface area contributed by atoms with Crippen LogP contribution in [-0.2, 0) is 9.53 Å². The summed E-state index contributed by atoms with van der Waals surface area (Å²) in [6.45, 7) is 1.77. The molecule has 3 aromatic rings. The van der Waals surface area contributed by atoms with Crippen molar-refractivity contribution in [1.82, 2.24) is 4.57 Å². The number of esters is 1.